The highest BCUT2D eigenvalue weighted by atomic mass is 32.2. The quantitative estimate of drug-likeness (QED) is 0.695. The van der Waals surface area contributed by atoms with Gasteiger partial charge in [0.15, 0.2) is 9.84 Å². The largest absolute Gasteiger partial charge is 0.496 e. The Morgan fingerprint density at radius 3 is 2.84 bits per heavy atom. The maximum Gasteiger partial charge on any atom is 0.255 e. The molecule has 0 saturated carbocycles. The molecule has 1 aliphatic heterocycles. The molecular formula is C17H27N3O4S. The van der Waals surface area contributed by atoms with Crippen molar-refractivity contribution in [1.82, 2.24) is 10.2 Å². The number of hydrogen-bond donors (Lipinski definition) is 2. The van der Waals surface area contributed by atoms with Gasteiger partial charge in [-0.3, -0.25) is 9.69 Å². The van der Waals surface area contributed by atoms with Crippen LogP contribution in [0.2, 0.25) is 0 Å². The fraction of sp³-hybridized carbons (Fsp3) is 0.588. The van der Waals surface area contributed by atoms with Gasteiger partial charge in [0.05, 0.1) is 29.0 Å². The number of hydrogen-bond acceptors (Lipinski definition) is 6. The molecule has 0 aliphatic carbocycles. The van der Waals surface area contributed by atoms with Gasteiger partial charge in [-0.05, 0) is 31.9 Å². The molecule has 0 bridgehead atoms. The van der Waals surface area contributed by atoms with Gasteiger partial charge in [0, 0.05) is 28.2 Å². The summed E-state index contributed by atoms with van der Waals surface area (Å²) >= 11 is 0. The Bertz CT molecular complexity index is 1020. The van der Waals surface area contributed by atoms with Crippen molar-refractivity contribution in [3.63, 3.8) is 0 Å². The number of carbonyl (C=O) groups excluding carboxylic acids is 1. The van der Waals surface area contributed by atoms with E-state index in [4.69, 9.17) is 20.1 Å². The van der Waals surface area contributed by atoms with Crippen LogP contribution in [0.4, 0.5) is 5.69 Å². The summed E-state index contributed by atoms with van der Waals surface area (Å²) in [6.45, 7) is -0.944. The average molecular weight is 377 g/mol. The number of sulfone groups is 1. The molecule has 0 radical (unpaired) electrons. The average Bonchev–Trinajstić information content (AvgIpc) is 2.78. The van der Waals surface area contributed by atoms with Gasteiger partial charge in [-0.2, -0.15) is 0 Å². The lowest BCUT2D eigenvalue weighted by Gasteiger charge is -2.23. The number of methoxy groups -OCH3 is 1. The number of nitrogens with zero attached hydrogens (tertiary/aromatic N) is 1. The van der Waals surface area contributed by atoms with E-state index in [0.717, 1.165) is 6.07 Å². The maximum atomic E-state index is 12.9. The predicted octanol–water partition coefficient (Wildman–Crippen LogP) is 1.29. The monoisotopic (exact) mass is 376 g/mol. The van der Waals surface area contributed by atoms with Crippen LogP contribution in [-0.2, 0) is 9.84 Å². The molecular weight excluding hydrogens is 342 g/mol. The predicted molar refractivity (Wildman–Crippen MR) is 97.7 cm³/mol. The number of nitrogen functional groups attached to an aromatic ring is 1. The number of likely N-dealkylation sites (N-methyl/N-ethyl adjacent to an activating group) is 1. The molecule has 1 aliphatic rings. The summed E-state index contributed by atoms with van der Waals surface area (Å²) in [5, 5.41) is 2.31. The van der Waals surface area contributed by atoms with Crippen molar-refractivity contribution in [2.75, 3.05) is 38.2 Å². The van der Waals surface area contributed by atoms with E-state index in [1.807, 2.05) is 0 Å². The zero-order chi connectivity index (χ0) is 24.9. The van der Waals surface area contributed by atoms with E-state index >= 15 is 0 Å². The second-order valence-corrected chi connectivity index (χ2v) is 7.48. The van der Waals surface area contributed by atoms with Gasteiger partial charge in [-0.1, -0.05) is 13.8 Å². The molecule has 3 N–H and O–H groups in total. The SMILES string of the molecule is [2H]C1([2H])N(CC)C([2H])(CNC(=O)c2cc(S(=O)(=O)CC)c(N)cc2OC)C([2H])([2H])C1([2H])[2H]. The first kappa shape index (κ1) is 11.7. The summed E-state index contributed by atoms with van der Waals surface area (Å²) in [6.07, 6.45) is -6.06. The Morgan fingerprint density at radius 2 is 2.24 bits per heavy atom. The minimum Gasteiger partial charge on any atom is -0.496 e. The molecule has 1 aromatic carbocycles. The van der Waals surface area contributed by atoms with Crippen LogP contribution < -0.4 is 15.8 Å². The van der Waals surface area contributed by atoms with E-state index in [0.29, 0.717) is 4.90 Å². The smallest absolute Gasteiger partial charge is 0.255 e. The van der Waals surface area contributed by atoms with Crippen molar-refractivity contribution >= 4 is 21.4 Å². The lowest BCUT2D eigenvalue weighted by Crippen LogP contribution is -2.40. The van der Waals surface area contributed by atoms with E-state index < -0.39 is 47.5 Å². The Kier molecular flexibility index (Phi) is 3.78. The summed E-state index contributed by atoms with van der Waals surface area (Å²) in [4.78, 5) is 13.3. The van der Waals surface area contributed by atoms with Crippen LogP contribution in [0.1, 0.15) is 46.5 Å². The van der Waals surface area contributed by atoms with E-state index in [1.165, 1.54) is 27.0 Å². The molecule has 1 saturated heterocycles. The molecule has 7 nitrogen and oxygen atoms in total. The summed E-state index contributed by atoms with van der Waals surface area (Å²) in [6, 6.07) is -0.305. The summed E-state index contributed by atoms with van der Waals surface area (Å²) < 4.78 is 86.8. The minimum absolute atomic E-state index is 0.0541. The number of rotatable bonds is 7. The number of amides is 1. The number of ether oxygens (including phenoxy) is 1. The highest BCUT2D eigenvalue weighted by Crippen LogP contribution is 2.29. The van der Waals surface area contributed by atoms with Crippen molar-refractivity contribution in [3.05, 3.63) is 17.7 Å². The topological polar surface area (TPSA) is 102 Å². The first-order chi connectivity index (χ1) is 14.5. The van der Waals surface area contributed by atoms with E-state index in [1.54, 1.807) is 0 Å². The number of nitrogens with one attached hydrogen (secondary N) is 1. The molecule has 1 atom stereocenters. The Hall–Kier alpha value is -1.80. The van der Waals surface area contributed by atoms with Gasteiger partial charge in [0.1, 0.15) is 5.75 Å². The van der Waals surface area contributed by atoms with Crippen molar-refractivity contribution < 1.29 is 27.5 Å². The van der Waals surface area contributed by atoms with Crippen LogP contribution in [-0.4, -0.2) is 57.7 Å². The van der Waals surface area contributed by atoms with E-state index in [9.17, 15) is 13.2 Å². The van der Waals surface area contributed by atoms with Gasteiger partial charge in [-0.15, -0.1) is 0 Å². The Morgan fingerprint density at radius 1 is 1.52 bits per heavy atom. The highest BCUT2D eigenvalue weighted by Gasteiger charge is 2.25. The molecule has 1 unspecified atom stereocenters. The summed E-state index contributed by atoms with van der Waals surface area (Å²) in [7, 11) is -2.54. The molecule has 8 heteroatoms. The number of benzene rings is 1. The van der Waals surface area contributed by atoms with Gasteiger partial charge in [0.25, 0.3) is 5.91 Å². The minimum atomic E-state index is -3.78. The van der Waals surface area contributed by atoms with Crippen LogP contribution in [0, 0.1) is 0 Å². The summed E-state index contributed by atoms with van der Waals surface area (Å²) in [5.74, 6) is -1.24. The third kappa shape index (κ3) is 4.24. The fourth-order valence-corrected chi connectivity index (χ4v) is 3.34. The van der Waals surface area contributed by atoms with E-state index in [-0.39, 0.29) is 34.2 Å². The molecule has 1 heterocycles. The fourth-order valence-electron chi connectivity index (χ4n) is 2.32. The zero-order valence-electron chi connectivity index (χ0n) is 21.3. The zero-order valence-corrected chi connectivity index (χ0v) is 15.2. The molecule has 2 rings (SSSR count). The molecule has 140 valence electrons. The third-order valence-electron chi connectivity index (χ3n) is 3.75. The summed E-state index contributed by atoms with van der Waals surface area (Å²) in [5.41, 5.74) is 5.44. The van der Waals surface area contributed by atoms with Crippen LogP contribution in [0.25, 0.3) is 0 Å². The number of carbonyl (C=O) groups is 1. The van der Waals surface area contributed by atoms with Crippen LogP contribution in [0.3, 0.4) is 0 Å². The van der Waals surface area contributed by atoms with Gasteiger partial charge >= 0.3 is 0 Å². The third-order valence-corrected chi connectivity index (χ3v) is 5.53. The standard InChI is InChI=1S/C17H27N3O4S/c1-4-20-8-6-7-12(20)11-19-17(21)13-9-16(25(22,23)5-2)14(18)10-15(13)24-3/h9-10,12H,4-8,11,18H2,1-3H3,(H,19,21)/i6D2,7D2,8D2,12D. The Balaban J connectivity index is 2.47. The van der Waals surface area contributed by atoms with Crippen LogP contribution in [0.5, 0.6) is 5.75 Å². The lowest BCUT2D eigenvalue weighted by atomic mass is 10.1. The molecule has 1 aromatic rings. The van der Waals surface area contributed by atoms with Crippen LogP contribution >= 0.6 is 0 Å². The van der Waals surface area contributed by atoms with Crippen LogP contribution in [0.15, 0.2) is 17.0 Å². The molecule has 1 fully saturated rings. The Labute approximate surface area is 159 Å². The highest BCUT2D eigenvalue weighted by molar-refractivity contribution is 7.91. The van der Waals surface area contributed by atoms with Gasteiger partial charge < -0.3 is 15.8 Å². The first-order valence-corrected chi connectivity index (χ1v) is 9.37. The number of nitrogens with two attached hydrogens (primary N) is 1. The second-order valence-electron chi connectivity index (χ2n) is 5.23. The van der Waals surface area contributed by atoms with Gasteiger partial charge in [0.2, 0.25) is 0 Å². The second kappa shape index (κ2) is 8.05. The lowest BCUT2D eigenvalue weighted by molar-refractivity contribution is 0.0938. The first-order valence-electron chi connectivity index (χ1n) is 11.2. The molecule has 0 aromatic heterocycles. The number of anilines is 1. The van der Waals surface area contributed by atoms with Crippen molar-refractivity contribution in [2.24, 2.45) is 0 Å². The maximum absolute atomic E-state index is 12.9. The van der Waals surface area contributed by atoms with Crippen molar-refractivity contribution in [3.8, 4) is 5.75 Å². The van der Waals surface area contributed by atoms with Crippen molar-refractivity contribution in [2.45, 2.75) is 37.5 Å². The molecule has 0 spiro atoms. The number of likely N-dealkylation sites (tertiary alicyclic amines) is 1. The molecule has 1 amide bonds. The van der Waals surface area contributed by atoms with E-state index in [2.05, 4.69) is 5.32 Å². The normalized spacial score (nSPS) is 31.4. The van der Waals surface area contributed by atoms with Gasteiger partial charge in [-0.25, -0.2) is 8.42 Å². The van der Waals surface area contributed by atoms with Crippen molar-refractivity contribution in [1.29, 1.82) is 0 Å². The molecule has 25 heavy (non-hydrogen) atoms.